The van der Waals surface area contributed by atoms with Crippen molar-refractivity contribution < 1.29 is 14.3 Å². The average molecular weight is 260 g/mol. The van der Waals surface area contributed by atoms with Crippen LogP contribution >= 0.6 is 11.3 Å². The molecule has 3 nitrogen and oxygen atoms in total. The van der Waals surface area contributed by atoms with Gasteiger partial charge in [0, 0.05) is 10.4 Å². The number of ether oxygens (including phenoxy) is 1. The van der Waals surface area contributed by atoms with Crippen LogP contribution in [0.1, 0.15) is 27.0 Å². The van der Waals surface area contributed by atoms with Gasteiger partial charge in [0.2, 0.25) is 0 Å². The molecule has 0 radical (unpaired) electrons. The molecule has 0 atom stereocenters. The second kappa shape index (κ2) is 5.60. The fourth-order valence-electron chi connectivity index (χ4n) is 1.57. The molecular weight excluding hydrogens is 248 g/mol. The van der Waals surface area contributed by atoms with Crippen LogP contribution in [0.15, 0.2) is 36.4 Å². The van der Waals surface area contributed by atoms with Gasteiger partial charge in [-0.05, 0) is 30.7 Å². The van der Waals surface area contributed by atoms with Crippen LogP contribution in [-0.2, 0) is 4.74 Å². The summed E-state index contributed by atoms with van der Waals surface area (Å²) in [5.74, 6) is -0.305. The smallest absolute Gasteiger partial charge is 0.348 e. The van der Waals surface area contributed by atoms with Crippen molar-refractivity contribution in [3.8, 4) is 10.4 Å². The highest BCUT2D eigenvalue weighted by molar-refractivity contribution is 7.17. The molecule has 0 N–H and O–H groups in total. The van der Waals surface area contributed by atoms with Crippen LogP contribution in [0.2, 0.25) is 0 Å². The third-order valence-electron chi connectivity index (χ3n) is 2.39. The lowest BCUT2D eigenvalue weighted by molar-refractivity contribution is 0.0532. The lowest BCUT2D eigenvalue weighted by Crippen LogP contribution is -2.01. The Balaban J connectivity index is 2.28. The fourth-order valence-corrected chi connectivity index (χ4v) is 2.47. The monoisotopic (exact) mass is 260 g/mol. The summed E-state index contributed by atoms with van der Waals surface area (Å²) < 4.78 is 4.94. The van der Waals surface area contributed by atoms with E-state index in [0.29, 0.717) is 17.0 Å². The maximum absolute atomic E-state index is 11.5. The molecular formula is C14H12O3S. The number of carbonyl (C=O) groups excluding carboxylic acids is 2. The van der Waals surface area contributed by atoms with Gasteiger partial charge in [0.1, 0.15) is 11.2 Å². The summed E-state index contributed by atoms with van der Waals surface area (Å²) >= 11 is 1.36. The van der Waals surface area contributed by atoms with Gasteiger partial charge in [-0.2, -0.15) is 0 Å². The minimum Gasteiger partial charge on any atom is -0.462 e. The van der Waals surface area contributed by atoms with E-state index in [1.165, 1.54) is 11.3 Å². The van der Waals surface area contributed by atoms with Gasteiger partial charge < -0.3 is 4.74 Å². The summed E-state index contributed by atoms with van der Waals surface area (Å²) in [6.07, 6.45) is 0.809. The number of aldehydes is 1. The molecule has 1 aromatic carbocycles. The summed E-state index contributed by atoms with van der Waals surface area (Å²) in [5.41, 5.74) is 1.55. The molecule has 1 heterocycles. The summed E-state index contributed by atoms with van der Waals surface area (Å²) in [6, 6.07) is 10.9. The van der Waals surface area contributed by atoms with Gasteiger partial charge in [0.15, 0.2) is 0 Å². The Hall–Kier alpha value is -1.94. The average Bonchev–Trinajstić information content (AvgIpc) is 2.89. The predicted octanol–water partition coefficient (Wildman–Crippen LogP) is 3.40. The molecule has 0 aliphatic heterocycles. The number of esters is 1. The van der Waals surface area contributed by atoms with Crippen LogP contribution in [-0.4, -0.2) is 18.9 Å². The van der Waals surface area contributed by atoms with Crippen LogP contribution < -0.4 is 0 Å². The van der Waals surface area contributed by atoms with E-state index in [2.05, 4.69) is 0 Å². The van der Waals surface area contributed by atoms with Gasteiger partial charge in [0.05, 0.1) is 6.61 Å². The number of hydrogen-bond acceptors (Lipinski definition) is 4. The Bertz CT molecular complexity index is 572. The van der Waals surface area contributed by atoms with E-state index in [4.69, 9.17) is 4.74 Å². The zero-order valence-corrected chi connectivity index (χ0v) is 10.7. The van der Waals surface area contributed by atoms with Crippen LogP contribution in [0.5, 0.6) is 0 Å². The van der Waals surface area contributed by atoms with E-state index in [9.17, 15) is 9.59 Å². The van der Waals surface area contributed by atoms with Crippen molar-refractivity contribution in [1.29, 1.82) is 0 Å². The molecule has 0 bridgehead atoms. The van der Waals surface area contributed by atoms with E-state index in [1.54, 1.807) is 25.1 Å². The van der Waals surface area contributed by atoms with Crippen LogP contribution in [0, 0.1) is 0 Å². The van der Waals surface area contributed by atoms with Crippen molar-refractivity contribution in [2.24, 2.45) is 0 Å². The molecule has 2 rings (SSSR count). The largest absolute Gasteiger partial charge is 0.462 e. The molecule has 1 aromatic heterocycles. The van der Waals surface area contributed by atoms with Crippen LogP contribution in [0.3, 0.4) is 0 Å². The Morgan fingerprint density at radius 3 is 2.89 bits per heavy atom. The van der Waals surface area contributed by atoms with Crippen molar-refractivity contribution >= 4 is 23.6 Å². The van der Waals surface area contributed by atoms with E-state index in [-0.39, 0.29) is 5.97 Å². The number of hydrogen-bond donors (Lipinski definition) is 0. The van der Waals surface area contributed by atoms with Crippen LogP contribution in [0.4, 0.5) is 0 Å². The third-order valence-corrected chi connectivity index (χ3v) is 3.50. The molecule has 0 unspecified atom stereocenters. The normalized spacial score (nSPS) is 10.1. The maximum atomic E-state index is 11.5. The molecule has 0 aliphatic rings. The van der Waals surface area contributed by atoms with Gasteiger partial charge in [-0.1, -0.05) is 18.2 Å². The highest BCUT2D eigenvalue weighted by Crippen LogP contribution is 2.28. The SMILES string of the molecule is CCOC(=O)c1ccc(-c2cccc(C=O)c2)s1. The molecule has 0 aliphatic carbocycles. The molecule has 4 heteroatoms. The van der Waals surface area contributed by atoms with Gasteiger partial charge in [-0.3, -0.25) is 4.79 Å². The summed E-state index contributed by atoms with van der Waals surface area (Å²) in [7, 11) is 0. The molecule has 0 saturated carbocycles. The van der Waals surface area contributed by atoms with E-state index in [1.807, 2.05) is 18.2 Å². The molecule has 92 valence electrons. The van der Waals surface area contributed by atoms with Crippen LogP contribution in [0.25, 0.3) is 10.4 Å². The summed E-state index contributed by atoms with van der Waals surface area (Å²) in [5, 5.41) is 0. The molecule has 0 fully saturated rings. The zero-order valence-electron chi connectivity index (χ0n) is 9.88. The van der Waals surface area contributed by atoms with Gasteiger partial charge in [-0.15, -0.1) is 11.3 Å². The minimum absolute atomic E-state index is 0.305. The first kappa shape index (κ1) is 12.5. The minimum atomic E-state index is -0.305. The fraction of sp³-hybridized carbons (Fsp3) is 0.143. The number of thiophene rings is 1. The number of carbonyl (C=O) groups is 2. The topological polar surface area (TPSA) is 43.4 Å². The standard InChI is InChI=1S/C14H12O3S/c1-2-17-14(16)13-7-6-12(18-13)11-5-3-4-10(8-11)9-15/h3-9H,2H2,1H3. The van der Waals surface area contributed by atoms with Gasteiger partial charge in [0.25, 0.3) is 0 Å². The second-order valence-electron chi connectivity index (χ2n) is 3.63. The highest BCUT2D eigenvalue weighted by atomic mass is 32.1. The lowest BCUT2D eigenvalue weighted by Gasteiger charge is -1.99. The van der Waals surface area contributed by atoms with Gasteiger partial charge >= 0.3 is 5.97 Å². The predicted molar refractivity (Wildman–Crippen MR) is 71.1 cm³/mol. The number of rotatable bonds is 4. The van der Waals surface area contributed by atoms with Crippen molar-refractivity contribution in [3.63, 3.8) is 0 Å². The first-order valence-electron chi connectivity index (χ1n) is 5.57. The molecule has 0 saturated heterocycles. The maximum Gasteiger partial charge on any atom is 0.348 e. The molecule has 2 aromatic rings. The Labute approximate surface area is 109 Å². The Kier molecular flexibility index (Phi) is 3.89. The Morgan fingerprint density at radius 1 is 1.33 bits per heavy atom. The third kappa shape index (κ3) is 2.65. The van der Waals surface area contributed by atoms with Crippen molar-refractivity contribution in [2.45, 2.75) is 6.92 Å². The zero-order chi connectivity index (χ0) is 13.0. The van der Waals surface area contributed by atoms with E-state index < -0.39 is 0 Å². The quantitative estimate of drug-likeness (QED) is 0.625. The van der Waals surface area contributed by atoms with Crippen molar-refractivity contribution in [3.05, 3.63) is 46.8 Å². The molecule has 18 heavy (non-hydrogen) atoms. The Morgan fingerprint density at radius 2 is 2.17 bits per heavy atom. The summed E-state index contributed by atoms with van der Waals surface area (Å²) in [6.45, 7) is 2.15. The summed E-state index contributed by atoms with van der Waals surface area (Å²) in [4.78, 5) is 23.8. The molecule has 0 amide bonds. The van der Waals surface area contributed by atoms with Crippen molar-refractivity contribution in [1.82, 2.24) is 0 Å². The second-order valence-corrected chi connectivity index (χ2v) is 4.71. The highest BCUT2D eigenvalue weighted by Gasteiger charge is 2.11. The molecule has 0 spiro atoms. The van der Waals surface area contributed by atoms with E-state index in [0.717, 1.165) is 16.7 Å². The number of benzene rings is 1. The lowest BCUT2D eigenvalue weighted by atomic mass is 10.1. The first-order chi connectivity index (χ1) is 8.74. The van der Waals surface area contributed by atoms with Crippen molar-refractivity contribution in [2.75, 3.05) is 6.61 Å². The van der Waals surface area contributed by atoms with Gasteiger partial charge in [-0.25, -0.2) is 4.79 Å². The van der Waals surface area contributed by atoms with E-state index >= 15 is 0 Å². The first-order valence-corrected chi connectivity index (χ1v) is 6.39.